The number of nitrogens with zero attached hydrogens (tertiary/aromatic N) is 4. The molecule has 0 bridgehead atoms. The van der Waals surface area contributed by atoms with Crippen LogP contribution in [0.15, 0.2) is 266 Å². The number of allylic oxidation sites excluding steroid dienone is 2. The topological polar surface area (TPSA) is 13.0 Å². The largest absolute Gasteiger partial charge is 0.334 e. The molecule has 11 aromatic carbocycles. The third-order valence-corrected chi connectivity index (χ3v) is 17.9. The van der Waals surface area contributed by atoms with Crippen molar-refractivity contribution in [1.29, 1.82) is 0 Å². The van der Waals surface area contributed by atoms with Crippen molar-refractivity contribution in [2.45, 2.75) is 73.3 Å². The summed E-state index contributed by atoms with van der Waals surface area (Å²) in [6.45, 7) is 17.4. The Morgan fingerprint density at radius 1 is 0.271 bits per heavy atom. The first-order valence-electron chi connectivity index (χ1n) is 30.0. The van der Waals surface area contributed by atoms with Crippen LogP contribution in [0.4, 0.5) is 62.6 Å². The number of fused-ring (bicyclic) bond motifs is 10. The van der Waals surface area contributed by atoms with E-state index >= 15 is 0 Å². The smallest absolute Gasteiger partial charge is 0.0728 e. The molecule has 0 heterocycles. The number of hydrogen-bond acceptors (Lipinski definition) is 4. The van der Waals surface area contributed by atoms with Gasteiger partial charge in [0, 0.05) is 62.6 Å². The summed E-state index contributed by atoms with van der Waals surface area (Å²) in [6.07, 6.45) is 7.98. The molecule has 1 atom stereocenters. The van der Waals surface area contributed by atoms with Gasteiger partial charge in [0.05, 0.1) is 11.5 Å². The van der Waals surface area contributed by atoms with Crippen molar-refractivity contribution in [2.75, 3.05) is 19.6 Å². The first-order valence-corrected chi connectivity index (χ1v) is 30.0. The molecular formula is C81H70N4. The maximum absolute atomic E-state index is 2.58. The van der Waals surface area contributed by atoms with Gasteiger partial charge in [0.1, 0.15) is 0 Å². The van der Waals surface area contributed by atoms with Crippen LogP contribution >= 0.6 is 0 Å². The van der Waals surface area contributed by atoms with E-state index in [1.807, 2.05) is 0 Å². The fourth-order valence-electron chi connectivity index (χ4n) is 13.4. The van der Waals surface area contributed by atoms with Gasteiger partial charge in [0.2, 0.25) is 0 Å². The molecule has 3 aliphatic rings. The van der Waals surface area contributed by atoms with Gasteiger partial charge in [-0.1, -0.05) is 172 Å². The summed E-state index contributed by atoms with van der Waals surface area (Å²) in [4.78, 5) is 9.92. The van der Waals surface area contributed by atoms with Crippen LogP contribution in [0.5, 0.6) is 0 Å². The predicted octanol–water partition coefficient (Wildman–Crippen LogP) is 22.0. The molecule has 3 aliphatic carbocycles. The second-order valence-electron chi connectivity index (χ2n) is 24.0. The average Bonchev–Trinajstić information content (AvgIpc) is 1.70. The molecule has 14 rings (SSSR count). The molecule has 0 N–H and O–H groups in total. The van der Waals surface area contributed by atoms with Gasteiger partial charge in [-0.25, -0.2) is 0 Å². The van der Waals surface area contributed by atoms with Crippen LogP contribution in [-0.2, 0) is 5.41 Å². The fourth-order valence-corrected chi connectivity index (χ4v) is 13.4. The van der Waals surface area contributed by atoms with Crippen molar-refractivity contribution in [3.05, 3.63) is 328 Å². The van der Waals surface area contributed by atoms with Crippen molar-refractivity contribution in [3.63, 3.8) is 0 Å². The van der Waals surface area contributed by atoms with Crippen molar-refractivity contribution in [1.82, 2.24) is 0 Å². The Balaban J connectivity index is 1.10. The molecule has 1 spiro atoms. The Kier molecular flexibility index (Phi) is 13.4. The minimum absolute atomic E-state index is 0.102. The number of anilines is 11. The van der Waals surface area contributed by atoms with Gasteiger partial charge in [-0.3, -0.25) is 0 Å². The Hall–Kier alpha value is -9.90. The lowest BCUT2D eigenvalue weighted by atomic mass is 9.70. The van der Waals surface area contributed by atoms with E-state index in [4.69, 9.17) is 0 Å². The van der Waals surface area contributed by atoms with Crippen molar-refractivity contribution in [2.24, 2.45) is 0 Å². The number of hydrogen-bond donors (Lipinski definition) is 0. The third kappa shape index (κ3) is 9.43. The molecule has 0 radical (unpaired) electrons. The van der Waals surface area contributed by atoms with E-state index in [9.17, 15) is 0 Å². The quantitative estimate of drug-likeness (QED) is 0.121. The monoisotopic (exact) mass is 1100 g/mol. The van der Waals surface area contributed by atoms with Gasteiger partial charge in [-0.15, -0.1) is 0 Å². The molecule has 4 nitrogen and oxygen atoms in total. The van der Waals surface area contributed by atoms with Gasteiger partial charge in [0.25, 0.3) is 0 Å². The Bertz CT molecular complexity index is 3950. The average molecular weight is 1100 g/mol. The van der Waals surface area contributed by atoms with Gasteiger partial charge < -0.3 is 19.6 Å². The van der Waals surface area contributed by atoms with Gasteiger partial charge in [-0.2, -0.15) is 0 Å². The molecule has 11 aromatic rings. The number of rotatable bonds is 12. The van der Waals surface area contributed by atoms with Crippen LogP contribution in [0.2, 0.25) is 0 Å². The van der Waals surface area contributed by atoms with Gasteiger partial charge in [-0.05, 0) is 240 Å². The summed E-state index contributed by atoms with van der Waals surface area (Å²) in [5.74, 6) is 0. The van der Waals surface area contributed by atoms with Crippen molar-refractivity contribution < 1.29 is 0 Å². The molecule has 85 heavy (non-hydrogen) atoms. The van der Waals surface area contributed by atoms with Gasteiger partial charge in [0.15, 0.2) is 0 Å². The SMILES string of the molecule is CC1=CCC(N(c2ccc(C)cc2)c2ccc3c(c2)C2(c4cc(N(c5ccc(C)cc5)c5ccc(C)cc5)ccc4-c4ccc(N(c5ccc(C)cc5)c5ccc(C)cc5)cc42)c2cc(N(c4ccc(C)cc4)c4ccc(C)cc4)ccc2-3)C=C1. The molecule has 414 valence electrons. The maximum Gasteiger partial charge on any atom is 0.0728 e. The number of aryl methyl sites for hydroxylation is 7. The summed E-state index contributed by atoms with van der Waals surface area (Å²) < 4.78 is 0. The second kappa shape index (κ2) is 21.4. The van der Waals surface area contributed by atoms with Crippen LogP contribution in [0, 0.1) is 48.5 Å². The summed E-state index contributed by atoms with van der Waals surface area (Å²) in [5.41, 5.74) is 31.3. The van der Waals surface area contributed by atoms with E-state index in [1.54, 1.807) is 0 Å². The minimum Gasteiger partial charge on any atom is -0.334 e. The molecule has 1 unspecified atom stereocenters. The lowest BCUT2D eigenvalue weighted by Gasteiger charge is -2.36. The zero-order valence-electron chi connectivity index (χ0n) is 49.9. The van der Waals surface area contributed by atoms with E-state index in [2.05, 4.69) is 336 Å². The first-order chi connectivity index (χ1) is 41.4. The summed E-state index contributed by atoms with van der Waals surface area (Å²) in [6, 6.07) is 92.5. The Morgan fingerprint density at radius 2 is 0.506 bits per heavy atom. The second-order valence-corrected chi connectivity index (χ2v) is 24.0. The van der Waals surface area contributed by atoms with E-state index in [0.717, 1.165) is 63.3 Å². The van der Waals surface area contributed by atoms with Crippen LogP contribution in [-0.4, -0.2) is 6.04 Å². The zero-order valence-corrected chi connectivity index (χ0v) is 49.9. The fraction of sp³-hybridized carbons (Fsp3) is 0.136. The highest BCUT2D eigenvalue weighted by molar-refractivity contribution is 5.99. The molecule has 0 saturated carbocycles. The van der Waals surface area contributed by atoms with E-state index in [1.165, 1.54) is 94.7 Å². The van der Waals surface area contributed by atoms with Crippen LogP contribution < -0.4 is 19.6 Å². The molecule has 0 amide bonds. The molecule has 0 saturated heterocycles. The third-order valence-electron chi connectivity index (χ3n) is 17.9. The summed E-state index contributed by atoms with van der Waals surface area (Å²) >= 11 is 0. The lowest BCUT2D eigenvalue weighted by Crippen LogP contribution is -2.31. The van der Waals surface area contributed by atoms with Crippen LogP contribution in [0.3, 0.4) is 0 Å². The molecule has 0 aromatic heterocycles. The highest BCUT2D eigenvalue weighted by Gasteiger charge is 2.53. The molecular weight excluding hydrogens is 1030 g/mol. The molecule has 0 aliphatic heterocycles. The van der Waals surface area contributed by atoms with Gasteiger partial charge >= 0.3 is 0 Å². The first kappa shape index (κ1) is 53.1. The van der Waals surface area contributed by atoms with E-state index in [-0.39, 0.29) is 6.04 Å². The summed E-state index contributed by atoms with van der Waals surface area (Å²) in [5, 5.41) is 0. The van der Waals surface area contributed by atoms with E-state index in [0.29, 0.717) is 0 Å². The zero-order chi connectivity index (χ0) is 58.1. The number of benzene rings is 11. The van der Waals surface area contributed by atoms with Crippen molar-refractivity contribution >= 4 is 62.6 Å². The normalized spacial score (nSPS) is 14.1. The lowest BCUT2D eigenvalue weighted by molar-refractivity contribution is 0.770. The highest BCUT2D eigenvalue weighted by atomic mass is 15.2. The van der Waals surface area contributed by atoms with Crippen LogP contribution in [0.25, 0.3) is 22.3 Å². The minimum atomic E-state index is -0.824. The highest BCUT2D eigenvalue weighted by Crippen LogP contribution is 2.65. The molecule has 4 heteroatoms. The molecule has 0 fully saturated rings. The van der Waals surface area contributed by atoms with Crippen LogP contribution in [0.1, 0.15) is 74.5 Å². The predicted molar refractivity (Wildman–Crippen MR) is 360 cm³/mol. The van der Waals surface area contributed by atoms with Crippen molar-refractivity contribution in [3.8, 4) is 22.3 Å². The Labute approximate surface area is 502 Å². The maximum atomic E-state index is 2.58. The summed E-state index contributed by atoms with van der Waals surface area (Å²) in [7, 11) is 0. The van der Waals surface area contributed by atoms with E-state index < -0.39 is 5.41 Å². The standard InChI is InChI=1S/C81H70N4/c1-53-9-25-61(26-10-53)82(62-27-11-54(2)12-28-62)69-41-45-73-74-46-42-70(83(63-29-13-55(3)14-30-63)64-31-15-56(4)16-32-64)50-78(74)81(77(73)49-69)79-51-71(84(65-33-17-57(5)18-34-65)66-35-19-58(6)20-36-66)43-47-75(79)76-48-44-72(52-80(76)81)85(67-37-21-59(7)22-38-67)68-39-23-60(8)24-40-68/h9-39,41-52,68H,40H2,1-8H3. The Morgan fingerprint density at radius 3 is 0.765 bits per heavy atom.